The predicted molar refractivity (Wildman–Crippen MR) is 132 cm³/mol. The van der Waals surface area contributed by atoms with E-state index < -0.39 is 0 Å². The molecule has 0 aromatic heterocycles. The zero-order chi connectivity index (χ0) is 24.2. The number of benzene rings is 3. The Morgan fingerprint density at radius 1 is 0.735 bits per heavy atom. The van der Waals surface area contributed by atoms with Gasteiger partial charge in [-0.2, -0.15) is 0 Å². The van der Waals surface area contributed by atoms with Crippen LogP contribution in [0, 0.1) is 0 Å². The smallest absolute Gasteiger partial charge is 0.255 e. The lowest BCUT2D eigenvalue weighted by Crippen LogP contribution is -2.24. The normalized spacial score (nSPS) is 10.3. The van der Waals surface area contributed by atoms with Crippen molar-refractivity contribution >= 4 is 17.5 Å². The fraction of sp³-hybridized carbons (Fsp3) is 0.259. The van der Waals surface area contributed by atoms with Crippen molar-refractivity contribution < 1.29 is 23.8 Å². The first-order valence-corrected chi connectivity index (χ1v) is 11.4. The summed E-state index contributed by atoms with van der Waals surface area (Å²) in [4.78, 5) is 25.0. The van der Waals surface area contributed by atoms with E-state index in [1.54, 1.807) is 42.5 Å². The predicted octanol–water partition coefficient (Wildman–Crippen LogP) is 4.94. The zero-order valence-corrected chi connectivity index (χ0v) is 19.5. The van der Waals surface area contributed by atoms with Crippen LogP contribution in [0.5, 0.6) is 17.2 Å². The van der Waals surface area contributed by atoms with Crippen LogP contribution in [-0.4, -0.2) is 38.2 Å². The van der Waals surface area contributed by atoms with Gasteiger partial charge in [0.15, 0.2) is 11.5 Å². The summed E-state index contributed by atoms with van der Waals surface area (Å²) < 4.78 is 17.1. The Balaban J connectivity index is 1.62. The summed E-state index contributed by atoms with van der Waals surface area (Å²) >= 11 is 0. The molecule has 0 heterocycles. The highest BCUT2D eigenvalue weighted by Crippen LogP contribution is 2.29. The number of carbonyl (C=O) groups is 2. The van der Waals surface area contributed by atoms with Crippen LogP contribution in [-0.2, 0) is 0 Å². The van der Waals surface area contributed by atoms with E-state index in [1.807, 2.05) is 44.2 Å². The molecular weight excluding hydrogens is 432 g/mol. The molecule has 0 unspecified atom stereocenters. The van der Waals surface area contributed by atoms with Gasteiger partial charge in [-0.15, -0.1) is 0 Å². The number of para-hydroxylation sites is 1. The van der Waals surface area contributed by atoms with Crippen LogP contribution in [0.1, 0.15) is 41.0 Å². The van der Waals surface area contributed by atoms with E-state index in [9.17, 15) is 9.59 Å². The van der Waals surface area contributed by atoms with Crippen LogP contribution < -0.4 is 24.8 Å². The van der Waals surface area contributed by atoms with Crippen molar-refractivity contribution in [2.24, 2.45) is 0 Å². The molecule has 3 aromatic rings. The molecule has 7 nitrogen and oxygen atoms in total. The van der Waals surface area contributed by atoms with E-state index in [1.165, 1.54) is 0 Å². The summed E-state index contributed by atoms with van der Waals surface area (Å²) in [5.74, 6) is 1.29. The minimum absolute atomic E-state index is 0.172. The number of nitrogens with one attached hydrogen (secondary N) is 2. The topological polar surface area (TPSA) is 85.9 Å². The highest BCUT2D eigenvalue weighted by atomic mass is 16.5. The van der Waals surface area contributed by atoms with E-state index in [0.717, 1.165) is 12.2 Å². The van der Waals surface area contributed by atoms with Crippen molar-refractivity contribution in [3.63, 3.8) is 0 Å². The second kappa shape index (κ2) is 12.9. The van der Waals surface area contributed by atoms with Gasteiger partial charge in [0.05, 0.1) is 6.61 Å². The summed E-state index contributed by atoms with van der Waals surface area (Å²) in [6.07, 6.45) is 0.851. The van der Waals surface area contributed by atoms with Crippen molar-refractivity contribution in [3.8, 4) is 17.2 Å². The van der Waals surface area contributed by atoms with Crippen LogP contribution in [0.15, 0.2) is 72.8 Å². The number of ether oxygens (including phenoxy) is 3. The monoisotopic (exact) mass is 462 g/mol. The first-order valence-electron chi connectivity index (χ1n) is 11.4. The SMILES string of the molecule is CCCNC(=O)c1cccc(NC(=O)c2ccc(OCCOc3ccccc3)c(OCC)c2)c1. The van der Waals surface area contributed by atoms with Crippen LogP contribution in [0.4, 0.5) is 5.69 Å². The highest BCUT2D eigenvalue weighted by molar-refractivity contribution is 6.05. The Hall–Kier alpha value is -4.00. The number of amides is 2. The summed E-state index contributed by atoms with van der Waals surface area (Å²) in [6, 6.07) is 21.4. The van der Waals surface area contributed by atoms with Gasteiger partial charge >= 0.3 is 0 Å². The second-order valence-corrected chi connectivity index (χ2v) is 7.40. The van der Waals surface area contributed by atoms with Crippen LogP contribution in [0.25, 0.3) is 0 Å². The molecular formula is C27H30N2O5. The molecule has 0 fully saturated rings. The Labute approximate surface area is 200 Å². The fourth-order valence-corrected chi connectivity index (χ4v) is 3.15. The molecule has 0 saturated heterocycles. The molecule has 7 heteroatoms. The molecule has 0 aliphatic rings. The molecule has 178 valence electrons. The van der Waals surface area contributed by atoms with Gasteiger partial charge in [-0.3, -0.25) is 9.59 Å². The van der Waals surface area contributed by atoms with Gasteiger partial charge in [-0.05, 0) is 61.9 Å². The van der Waals surface area contributed by atoms with Gasteiger partial charge in [0.2, 0.25) is 0 Å². The molecule has 2 N–H and O–H groups in total. The van der Waals surface area contributed by atoms with Crippen molar-refractivity contribution in [1.29, 1.82) is 0 Å². The number of anilines is 1. The molecule has 0 saturated carbocycles. The Morgan fingerprint density at radius 2 is 1.50 bits per heavy atom. The molecule has 0 aliphatic heterocycles. The largest absolute Gasteiger partial charge is 0.490 e. The standard InChI is InChI=1S/C27H30N2O5/c1-3-15-28-26(30)20-9-8-10-22(18-20)29-27(31)21-13-14-24(25(19-21)32-4-2)34-17-16-33-23-11-6-5-7-12-23/h5-14,18-19H,3-4,15-17H2,1-2H3,(H,28,30)(H,29,31). The van der Waals surface area contributed by atoms with E-state index in [4.69, 9.17) is 14.2 Å². The molecule has 0 aliphatic carbocycles. The highest BCUT2D eigenvalue weighted by Gasteiger charge is 2.13. The maximum atomic E-state index is 12.8. The van der Waals surface area contributed by atoms with Crippen molar-refractivity contribution in [1.82, 2.24) is 5.32 Å². The molecule has 0 radical (unpaired) electrons. The molecule has 3 aromatic carbocycles. The van der Waals surface area contributed by atoms with Gasteiger partial charge in [0.25, 0.3) is 11.8 Å². The van der Waals surface area contributed by atoms with Gasteiger partial charge in [0, 0.05) is 23.4 Å². The lowest BCUT2D eigenvalue weighted by molar-refractivity contribution is 0.0952. The zero-order valence-electron chi connectivity index (χ0n) is 19.5. The van der Waals surface area contributed by atoms with Gasteiger partial charge in [0.1, 0.15) is 19.0 Å². The minimum atomic E-state index is -0.314. The maximum Gasteiger partial charge on any atom is 0.255 e. The van der Waals surface area contributed by atoms with E-state index >= 15 is 0 Å². The lowest BCUT2D eigenvalue weighted by atomic mass is 10.1. The molecule has 0 spiro atoms. The Morgan fingerprint density at radius 3 is 2.26 bits per heavy atom. The van der Waals surface area contributed by atoms with E-state index in [0.29, 0.717) is 54.7 Å². The quantitative estimate of drug-likeness (QED) is 0.373. The first-order chi connectivity index (χ1) is 16.6. The maximum absolute atomic E-state index is 12.8. The van der Waals surface area contributed by atoms with E-state index in [-0.39, 0.29) is 11.8 Å². The third kappa shape index (κ3) is 7.27. The van der Waals surface area contributed by atoms with Gasteiger partial charge in [-0.25, -0.2) is 0 Å². The van der Waals surface area contributed by atoms with E-state index in [2.05, 4.69) is 10.6 Å². The average molecular weight is 463 g/mol. The summed E-state index contributed by atoms with van der Waals surface area (Å²) in [5, 5.41) is 5.66. The number of hydrogen-bond donors (Lipinski definition) is 2. The average Bonchev–Trinajstić information content (AvgIpc) is 2.86. The van der Waals surface area contributed by atoms with Crippen LogP contribution in [0.3, 0.4) is 0 Å². The Kier molecular flexibility index (Phi) is 9.34. The van der Waals surface area contributed by atoms with Crippen LogP contribution in [0.2, 0.25) is 0 Å². The third-order valence-corrected chi connectivity index (χ3v) is 4.78. The minimum Gasteiger partial charge on any atom is -0.490 e. The molecule has 0 bridgehead atoms. The molecule has 34 heavy (non-hydrogen) atoms. The van der Waals surface area contributed by atoms with Gasteiger partial charge in [-0.1, -0.05) is 31.2 Å². The Bertz CT molecular complexity index is 1090. The number of rotatable bonds is 12. The third-order valence-electron chi connectivity index (χ3n) is 4.78. The summed E-state index contributed by atoms with van der Waals surface area (Å²) in [7, 11) is 0. The fourth-order valence-electron chi connectivity index (χ4n) is 3.15. The summed E-state index contributed by atoms with van der Waals surface area (Å²) in [5.41, 5.74) is 1.44. The van der Waals surface area contributed by atoms with Crippen molar-refractivity contribution in [2.75, 3.05) is 31.7 Å². The van der Waals surface area contributed by atoms with Crippen molar-refractivity contribution in [3.05, 3.63) is 83.9 Å². The first kappa shape index (κ1) is 24.6. The second-order valence-electron chi connectivity index (χ2n) is 7.40. The lowest BCUT2D eigenvalue weighted by Gasteiger charge is -2.14. The molecule has 0 atom stereocenters. The van der Waals surface area contributed by atoms with Crippen molar-refractivity contribution in [2.45, 2.75) is 20.3 Å². The van der Waals surface area contributed by atoms with Crippen LogP contribution >= 0.6 is 0 Å². The number of carbonyl (C=O) groups excluding carboxylic acids is 2. The van der Waals surface area contributed by atoms with Gasteiger partial charge < -0.3 is 24.8 Å². The molecule has 2 amide bonds. The number of hydrogen-bond acceptors (Lipinski definition) is 5. The summed E-state index contributed by atoms with van der Waals surface area (Å²) in [6.45, 7) is 5.58. The molecule has 3 rings (SSSR count).